The number of aromatic nitrogens is 4. The summed E-state index contributed by atoms with van der Waals surface area (Å²) in [5, 5.41) is 25.6. The van der Waals surface area contributed by atoms with E-state index in [0.717, 1.165) is 36.9 Å². The van der Waals surface area contributed by atoms with Crippen molar-refractivity contribution in [3.63, 3.8) is 0 Å². The number of aliphatic hydroxyl groups is 1. The van der Waals surface area contributed by atoms with Crippen LogP contribution in [0, 0.1) is 12.8 Å². The predicted molar refractivity (Wildman–Crippen MR) is 87.8 cm³/mol. The van der Waals surface area contributed by atoms with Gasteiger partial charge in [0, 0.05) is 32.1 Å². The largest absolute Gasteiger partial charge is 0.464 e. The maximum Gasteiger partial charge on any atom is 0.177 e. The zero-order valence-electron chi connectivity index (χ0n) is 13.5. The van der Waals surface area contributed by atoms with Gasteiger partial charge in [0.1, 0.15) is 29.8 Å². The third-order valence-corrected chi connectivity index (χ3v) is 4.29. The summed E-state index contributed by atoms with van der Waals surface area (Å²) in [5.74, 6) is 2.91. The van der Waals surface area contributed by atoms with Crippen LogP contribution in [0.2, 0.25) is 0 Å². The molecule has 0 amide bonds. The Balaban J connectivity index is 1.23. The van der Waals surface area contributed by atoms with Gasteiger partial charge >= 0.3 is 0 Å². The number of furan rings is 1. The highest BCUT2D eigenvalue weighted by Crippen LogP contribution is 2.22. The molecule has 1 fully saturated rings. The van der Waals surface area contributed by atoms with E-state index in [1.807, 2.05) is 31.2 Å². The maximum atomic E-state index is 10.1. The van der Waals surface area contributed by atoms with Gasteiger partial charge in [-0.2, -0.15) is 4.52 Å². The Morgan fingerprint density at radius 1 is 1.33 bits per heavy atom. The number of nitrogens with zero attached hydrogens (tertiary/aromatic N) is 5. The molecule has 0 radical (unpaired) electrons. The summed E-state index contributed by atoms with van der Waals surface area (Å²) in [7, 11) is 0. The van der Waals surface area contributed by atoms with Gasteiger partial charge in [0.2, 0.25) is 0 Å². The van der Waals surface area contributed by atoms with Crippen molar-refractivity contribution < 1.29 is 9.52 Å². The van der Waals surface area contributed by atoms with E-state index in [0.29, 0.717) is 18.2 Å². The van der Waals surface area contributed by atoms with Crippen molar-refractivity contribution in [1.29, 1.82) is 0 Å². The zero-order chi connectivity index (χ0) is 16.5. The van der Waals surface area contributed by atoms with Crippen LogP contribution in [0.15, 0.2) is 35.0 Å². The van der Waals surface area contributed by atoms with Gasteiger partial charge in [-0.15, -0.1) is 15.3 Å². The van der Waals surface area contributed by atoms with Gasteiger partial charge in [-0.25, -0.2) is 0 Å². The molecule has 126 valence electrons. The Bertz CT molecular complexity index is 823. The van der Waals surface area contributed by atoms with Gasteiger partial charge in [0.15, 0.2) is 5.65 Å². The van der Waals surface area contributed by atoms with Crippen LogP contribution in [0.25, 0.3) is 5.65 Å². The molecule has 0 aliphatic carbocycles. The molecule has 2 N–H and O–H groups in total. The summed E-state index contributed by atoms with van der Waals surface area (Å²) in [6, 6.07) is 7.57. The molecule has 1 aliphatic rings. The van der Waals surface area contributed by atoms with Crippen molar-refractivity contribution in [3.8, 4) is 0 Å². The van der Waals surface area contributed by atoms with Crippen LogP contribution in [0.4, 0.5) is 5.82 Å². The van der Waals surface area contributed by atoms with E-state index >= 15 is 0 Å². The molecular formula is C16H20N6O2. The highest BCUT2D eigenvalue weighted by molar-refractivity contribution is 5.46. The number of anilines is 1. The molecule has 1 aliphatic heterocycles. The third-order valence-electron chi connectivity index (χ3n) is 4.29. The predicted octanol–water partition coefficient (Wildman–Crippen LogP) is 0.785. The number of hydrogen-bond donors (Lipinski definition) is 2. The van der Waals surface area contributed by atoms with Crippen molar-refractivity contribution in [2.75, 3.05) is 31.1 Å². The van der Waals surface area contributed by atoms with Gasteiger partial charge in [-0.05, 0) is 31.2 Å². The van der Waals surface area contributed by atoms with E-state index < -0.39 is 6.10 Å². The van der Waals surface area contributed by atoms with Crippen molar-refractivity contribution in [3.05, 3.63) is 42.1 Å². The van der Waals surface area contributed by atoms with E-state index in [1.165, 1.54) is 0 Å². The lowest BCUT2D eigenvalue weighted by Crippen LogP contribution is -2.51. The van der Waals surface area contributed by atoms with E-state index in [4.69, 9.17) is 4.42 Å². The number of fused-ring (bicyclic) bond motifs is 1. The molecule has 8 nitrogen and oxygen atoms in total. The molecular weight excluding hydrogens is 308 g/mol. The molecule has 1 atom stereocenters. The van der Waals surface area contributed by atoms with E-state index in [-0.39, 0.29) is 0 Å². The van der Waals surface area contributed by atoms with Crippen LogP contribution in [0.1, 0.15) is 17.6 Å². The number of aryl methyl sites for hydroxylation is 1. The molecule has 4 rings (SSSR count). The second-order valence-electron chi connectivity index (χ2n) is 6.22. The van der Waals surface area contributed by atoms with Gasteiger partial charge in [0.05, 0.1) is 0 Å². The van der Waals surface area contributed by atoms with Crippen molar-refractivity contribution in [1.82, 2.24) is 25.1 Å². The molecule has 0 bridgehead atoms. The molecule has 8 heteroatoms. The summed E-state index contributed by atoms with van der Waals surface area (Å²) < 4.78 is 7.11. The Morgan fingerprint density at radius 3 is 3.00 bits per heavy atom. The van der Waals surface area contributed by atoms with E-state index in [2.05, 4.69) is 25.5 Å². The highest BCUT2D eigenvalue weighted by Gasteiger charge is 2.28. The average Bonchev–Trinajstić information content (AvgIpc) is 3.17. The fourth-order valence-corrected chi connectivity index (χ4v) is 2.93. The quantitative estimate of drug-likeness (QED) is 0.691. The Hall–Kier alpha value is -2.45. The Labute approximate surface area is 139 Å². The van der Waals surface area contributed by atoms with E-state index in [9.17, 15) is 5.11 Å². The second-order valence-corrected chi connectivity index (χ2v) is 6.22. The molecule has 3 aromatic rings. The minimum atomic E-state index is -0.604. The number of aliphatic hydroxyl groups excluding tert-OH is 1. The first-order valence-electron chi connectivity index (χ1n) is 8.06. The molecule has 1 unspecified atom stereocenters. The molecule has 24 heavy (non-hydrogen) atoms. The van der Waals surface area contributed by atoms with Crippen LogP contribution in [0.5, 0.6) is 0 Å². The average molecular weight is 328 g/mol. The molecule has 1 saturated heterocycles. The van der Waals surface area contributed by atoms with Gasteiger partial charge in [0.25, 0.3) is 0 Å². The lowest BCUT2D eigenvalue weighted by molar-refractivity contribution is 0.144. The zero-order valence-corrected chi connectivity index (χ0v) is 13.5. The van der Waals surface area contributed by atoms with Crippen LogP contribution < -0.4 is 10.2 Å². The molecule has 0 saturated carbocycles. The lowest BCUT2D eigenvalue weighted by Gasteiger charge is -2.40. The van der Waals surface area contributed by atoms with Gasteiger partial charge in [-0.3, -0.25) is 0 Å². The first kappa shape index (κ1) is 15.1. The summed E-state index contributed by atoms with van der Waals surface area (Å²) in [6.45, 7) is 5.13. The fraction of sp³-hybridized carbons (Fsp3) is 0.438. The Morgan fingerprint density at radius 2 is 2.21 bits per heavy atom. The topological polar surface area (TPSA) is 91.7 Å². The number of hydrogen-bond acceptors (Lipinski definition) is 7. The SMILES string of the molecule is Cc1ccc(C(O)CNCC2CN(c3ccc4nncn4n3)C2)o1. The number of rotatable bonds is 6. The minimum Gasteiger partial charge on any atom is -0.464 e. The van der Waals surface area contributed by atoms with Gasteiger partial charge in [-0.1, -0.05) is 0 Å². The van der Waals surface area contributed by atoms with Crippen molar-refractivity contribution in [2.45, 2.75) is 13.0 Å². The maximum absolute atomic E-state index is 10.1. The molecule has 4 heterocycles. The normalized spacial score (nSPS) is 16.5. The highest BCUT2D eigenvalue weighted by atomic mass is 16.4. The molecule has 0 aromatic carbocycles. The second kappa shape index (κ2) is 6.21. The van der Waals surface area contributed by atoms with Crippen molar-refractivity contribution in [2.24, 2.45) is 5.92 Å². The summed E-state index contributed by atoms with van der Waals surface area (Å²) in [5.41, 5.74) is 0.750. The van der Waals surface area contributed by atoms with Gasteiger partial charge < -0.3 is 19.7 Å². The van der Waals surface area contributed by atoms with Crippen LogP contribution in [-0.2, 0) is 0 Å². The third kappa shape index (κ3) is 2.98. The minimum absolute atomic E-state index is 0.494. The molecule has 0 spiro atoms. The monoisotopic (exact) mass is 328 g/mol. The van der Waals surface area contributed by atoms with Crippen LogP contribution in [0.3, 0.4) is 0 Å². The van der Waals surface area contributed by atoms with Crippen LogP contribution >= 0.6 is 0 Å². The van der Waals surface area contributed by atoms with Crippen molar-refractivity contribution >= 4 is 11.5 Å². The first-order valence-corrected chi connectivity index (χ1v) is 8.06. The smallest absolute Gasteiger partial charge is 0.177 e. The number of nitrogens with one attached hydrogen (secondary N) is 1. The standard InChI is InChI=1S/C16H20N6O2/c1-11-2-3-14(24-11)13(23)7-17-6-12-8-21(9-12)16-5-4-15-19-18-10-22(15)20-16/h2-5,10,12-13,17,23H,6-9H2,1H3. The van der Waals surface area contributed by atoms with Crippen LogP contribution in [-0.4, -0.2) is 51.1 Å². The van der Waals surface area contributed by atoms with E-state index in [1.54, 1.807) is 10.8 Å². The first-order chi connectivity index (χ1) is 11.7. The summed E-state index contributed by atoms with van der Waals surface area (Å²) in [6.07, 6.45) is 1.00. The summed E-state index contributed by atoms with van der Waals surface area (Å²) in [4.78, 5) is 2.22. The summed E-state index contributed by atoms with van der Waals surface area (Å²) >= 11 is 0. The Kier molecular flexibility index (Phi) is 3.91. The molecule has 3 aromatic heterocycles. The lowest BCUT2D eigenvalue weighted by atomic mass is 10.00. The fourth-order valence-electron chi connectivity index (χ4n) is 2.93.